The lowest BCUT2D eigenvalue weighted by atomic mass is 10.1. The van der Waals surface area contributed by atoms with E-state index in [0.29, 0.717) is 6.04 Å². The zero-order valence-electron chi connectivity index (χ0n) is 12.1. The molecular formula is C16H21N3O. The zero-order chi connectivity index (χ0) is 14.1. The first kappa shape index (κ1) is 13.2. The average molecular weight is 271 g/mol. The third kappa shape index (κ3) is 2.31. The molecule has 0 radical (unpaired) electrons. The molecule has 2 heterocycles. The molecule has 3 rings (SSSR count). The Morgan fingerprint density at radius 2 is 2.25 bits per heavy atom. The molecule has 1 aromatic carbocycles. The summed E-state index contributed by atoms with van der Waals surface area (Å²) in [5, 5.41) is 1.17. The van der Waals surface area contributed by atoms with Crippen molar-refractivity contribution in [3.05, 3.63) is 30.0 Å². The van der Waals surface area contributed by atoms with Gasteiger partial charge >= 0.3 is 0 Å². The summed E-state index contributed by atoms with van der Waals surface area (Å²) in [7, 11) is 1.77. The number of methoxy groups -OCH3 is 1. The quantitative estimate of drug-likeness (QED) is 0.872. The zero-order valence-corrected chi connectivity index (χ0v) is 12.1. The average Bonchev–Trinajstić information content (AvgIpc) is 2.85. The number of nitrogen functional groups attached to an aromatic ring is 1. The van der Waals surface area contributed by atoms with Crippen molar-refractivity contribution in [1.29, 1.82) is 0 Å². The number of anilines is 2. The second kappa shape index (κ2) is 5.29. The second-order valence-corrected chi connectivity index (χ2v) is 5.50. The van der Waals surface area contributed by atoms with E-state index in [0.717, 1.165) is 30.0 Å². The molecule has 0 unspecified atom stereocenters. The molecule has 1 aliphatic rings. The molecule has 106 valence electrons. The highest BCUT2D eigenvalue weighted by Gasteiger charge is 2.26. The Kier molecular flexibility index (Phi) is 3.49. The van der Waals surface area contributed by atoms with E-state index in [1.54, 1.807) is 7.11 Å². The predicted octanol–water partition coefficient (Wildman–Crippen LogP) is 2.74. The monoisotopic (exact) mass is 271 g/mol. The molecule has 0 aliphatic carbocycles. The maximum absolute atomic E-state index is 5.88. The van der Waals surface area contributed by atoms with Crippen molar-refractivity contribution in [3.63, 3.8) is 0 Å². The van der Waals surface area contributed by atoms with Crippen molar-refractivity contribution in [2.24, 2.45) is 0 Å². The van der Waals surface area contributed by atoms with Crippen LogP contribution in [-0.4, -0.2) is 31.3 Å². The van der Waals surface area contributed by atoms with Gasteiger partial charge in [0.15, 0.2) is 0 Å². The molecule has 1 fully saturated rings. The standard InChI is InChI=1S/C16H21N3O/c1-11-8-16(19-7-3-4-13(19)10-20-2)14-6-5-12(17)9-15(14)18-11/h5-6,8-9,13H,3-4,7,10,17H2,1-2H3/t13-/m0/s1. The largest absolute Gasteiger partial charge is 0.399 e. The van der Waals surface area contributed by atoms with Crippen molar-refractivity contribution in [3.8, 4) is 0 Å². The Hall–Kier alpha value is -1.81. The van der Waals surface area contributed by atoms with Gasteiger partial charge in [0, 0.05) is 36.1 Å². The first-order valence-electron chi connectivity index (χ1n) is 7.11. The Balaban J connectivity index is 2.10. The van der Waals surface area contributed by atoms with Crippen molar-refractivity contribution in [2.75, 3.05) is 30.9 Å². The van der Waals surface area contributed by atoms with Crippen molar-refractivity contribution in [1.82, 2.24) is 4.98 Å². The van der Waals surface area contributed by atoms with E-state index >= 15 is 0 Å². The lowest BCUT2D eigenvalue weighted by Crippen LogP contribution is -2.33. The van der Waals surface area contributed by atoms with Crippen LogP contribution in [0.3, 0.4) is 0 Å². The van der Waals surface area contributed by atoms with Gasteiger partial charge in [0.1, 0.15) is 0 Å². The highest BCUT2D eigenvalue weighted by atomic mass is 16.5. The van der Waals surface area contributed by atoms with Crippen LogP contribution in [-0.2, 0) is 4.74 Å². The van der Waals surface area contributed by atoms with Gasteiger partial charge in [0.2, 0.25) is 0 Å². The molecular weight excluding hydrogens is 250 g/mol. The first-order valence-corrected chi connectivity index (χ1v) is 7.11. The fourth-order valence-corrected chi connectivity index (χ4v) is 3.11. The van der Waals surface area contributed by atoms with Gasteiger partial charge in [-0.2, -0.15) is 0 Å². The number of benzene rings is 1. The summed E-state index contributed by atoms with van der Waals surface area (Å²) in [6, 6.07) is 8.61. The minimum absolute atomic E-state index is 0.461. The van der Waals surface area contributed by atoms with Crippen LogP contribution in [0.1, 0.15) is 18.5 Å². The molecule has 0 bridgehead atoms. The Labute approximate surface area is 119 Å². The second-order valence-electron chi connectivity index (χ2n) is 5.50. The minimum Gasteiger partial charge on any atom is -0.399 e. The van der Waals surface area contributed by atoms with Gasteiger partial charge in [-0.05, 0) is 44.0 Å². The number of aromatic nitrogens is 1. The maximum atomic E-state index is 5.88. The first-order chi connectivity index (χ1) is 9.69. The van der Waals surface area contributed by atoms with E-state index in [-0.39, 0.29) is 0 Å². The summed E-state index contributed by atoms with van der Waals surface area (Å²) in [5.74, 6) is 0. The number of nitrogens with two attached hydrogens (primary N) is 1. The number of ether oxygens (including phenoxy) is 1. The van der Waals surface area contributed by atoms with Gasteiger partial charge < -0.3 is 15.4 Å². The third-order valence-electron chi connectivity index (χ3n) is 3.99. The summed E-state index contributed by atoms with van der Waals surface area (Å²) in [6.45, 7) is 3.89. The van der Waals surface area contributed by atoms with E-state index in [4.69, 9.17) is 10.5 Å². The van der Waals surface area contributed by atoms with Crippen LogP contribution in [0.4, 0.5) is 11.4 Å². The number of pyridine rings is 1. The van der Waals surface area contributed by atoms with Gasteiger partial charge in [0.25, 0.3) is 0 Å². The van der Waals surface area contributed by atoms with Gasteiger partial charge in [-0.3, -0.25) is 4.98 Å². The fourth-order valence-electron chi connectivity index (χ4n) is 3.11. The van der Waals surface area contributed by atoms with Gasteiger partial charge in [-0.25, -0.2) is 0 Å². The van der Waals surface area contributed by atoms with Crippen LogP contribution in [0.25, 0.3) is 10.9 Å². The highest BCUT2D eigenvalue weighted by molar-refractivity contribution is 5.93. The normalized spacial score (nSPS) is 18.9. The molecule has 4 nitrogen and oxygen atoms in total. The molecule has 0 spiro atoms. The summed E-state index contributed by atoms with van der Waals surface area (Å²) >= 11 is 0. The molecule has 0 saturated carbocycles. The fraction of sp³-hybridized carbons (Fsp3) is 0.438. The SMILES string of the molecule is COC[C@@H]1CCCN1c1cc(C)nc2cc(N)ccc12. The van der Waals surface area contributed by atoms with E-state index in [9.17, 15) is 0 Å². The highest BCUT2D eigenvalue weighted by Crippen LogP contribution is 2.33. The van der Waals surface area contributed by atoms with Crippen LogP contribution in [0.5, 0.6) is 0 Å². The predicted molar refractivity (Wildman–Crippen MR) is 83.1 cm³/mol. The van der Waals surface area contributed by atoms with Crippen molar-refractivity contribution >= 4 is 22.3 Å². The lowest BCUT2D eigenvalue weighted by Gasteiger charge is -2.27. The summed E-state index contributed by atoms with van der Waals surface area (Å²) in [6.07, 6.45) is 2.40. The Morgan fingerprint density at radius 3 is 3.05 bits per heavy atom. The number of hydrogen-bond donors (Lipinski definition) is 1. The molecule has 2 N–H and O–H groups in total. The molecule has 2 aromatic rings. The summed E-state index contributed by atoms with van der Waals surface area (Å²) < 4.78 is 5.36. The van der Waals surface area contributed by atoms with Crippen LogP contribution in [0.15, 0.2) is 24.3 Å². The van der Waals surface area contributed by atoms with E-state index in [1.165, 1.54) is 23.9 Å². The molecule has 0 amide bonds. The lowest BCUT2D eigenvalue weighted by molar-refractivity contribution is 0.181. The molecule has 1 aliphatic heterocycles. The van der Waals surface area contributed by atoms with Crippen molar-refractivity contribution < 1.29 is 4.74 Å². The summed E-state index contributed by atoms with van der Waals surface area (Å²) in [5.41, 5.74) is 9.90. The van der Waals surface area contributed by atoms with E-state index in [1.807, 2.05) is 19.1 Å². The Morgan fingerprint density at radius 1 is 1.40 bits per heavy atom. The molecule has 1 saturated heterocycles. The van der Waals surface area contributed by atoms with E-state index < -0.39 is 0 Å². The van der Waals surface area contributed by atoms with Crippen LogP contribution >= 0.6 is 0 Å². The molecule has 4 heteroatoms. The number of fused-ring (bicyclic) bond motifs is 1. The van der Waals surface area contributed by atoms with Gasteiger partial charge in [0.05, 0.1) is 18.2 Å². The van der Waals surface area contributed by atoms with E-state index in [2.05, 4.69) is 22.0 Å². The van der Waals surface area contributed by atoms with Crippen molar-refractivity contribution in [2.45, 2.75) is 25.8 Å². The molecule has 1 atom stereocenters. The van der Waals surface area contributed by atoms with Gasteiger partial charge in [-0.1, -0.05) is 0 Å². The minimum atomic E-state index is 0.461. The molecule has 1 aromatic heterocycles. The topological polar surface area (TPSA) is 51.4 Å². The van der Waals surface area contributed by atoms with Gasteiger partial charge in [-0.15, -0.1) is 0 Å². The number of hydrogen-bond acceptors (Lipinski definition) is 4. The van der Waals surface area contributed by atoms with Crippen LogP contribution < -0.4 is 10.6 Å². The Bertz CT molecular complexity index is 621. The maximum Gasteiger partial charge on any atom is 0.0746 e. The number of rotatable bonds is 3. The number of aryl methyl sites for hydroxylation is 1. The smallest absolute Gasteiger partial charge is 0.0746 e. The van der Waals surface area contributed by atoms with Crippen LogP contribution in [0, 0.1) is 6.92 Å². The number of nitrogens with zero attached hydrogens (tertiary/aromatic N) is 2. The van der Waals surface area contributed by atoms with Crippen LogP contribution in [0.2, 0.25) is 0 Å². The molecule has 20 heavy (non-hydrogen) atoms. The third-order valence-corrected chi connectivity index (χ3v) is 3.99. The summed E-state index contributed by atoms with van der Waals surface area (Å²) in [4.78, 5) is 7.06.